The molecule has 0 unspecified atom stereocenters. The van der Waals surface area contributed by atoms with Crippen LogP contribution in [0.15, 0.2) is 6.07 Å². The Hall–Kier alpha value is -0.540. The molecule has 1 aliphatic carbocycles. The SMILES string of the molecule is CN(CC1CCCCC1)c1cc(Cl)nnc1Cl. The summed E-state index contributed by atoms with van der Waals surface area (Å²) in [5, 5.41) is 8.37. The van der Waals surface area contributed by atoms with Gasteiger partial charge in [-0.2, -0.15) is 0 Å². The molecule has 94 valence electrons. The third-order valence-corrected chi connectivity index (χ3v) is 3.82. The molecular formula is C12H17Cl2N3. The van der Waals surface area contributed by atoms with E-state index in [-0.39, 0.29) is 0 Å². The normalized spacial score (nSPS) is 17.1. The topological polar surface area (TPSA) is 29.0 Å². The van der Waals surface area contributed by atoms with E-state index in [0.29, 0.717) is 10.3 Å². The van der Waals surface area contributed by atoms with Gasteiger partial charge in [0.25, 0.3) is 0 Å². The van der Waals surface area contributed by atoms with Crippen LogP contribution in [-0.4, -0.2) is 23.8 Å². The first-order valence-electron chi connectivity index (χ1n) is 6.06. The minimum absolute atomic E-state index is 0.389. The molecule has 1 aromatic heterocycles. The van der Waals surface area contributed by atoms with Crippen molar-refractivity contribution < 1.29 is 0 Å². The molecule has 3 nitrogen and oxygen atoms in total. The molecule has 0 amide bonds. The summed E-state index contributed by atoms with van der Waals surface area (Å²) in [5.74, 6) is 0.761. The number of anilines is 1. The van der Waals surface area contributed by atoms with Gasteiger partial charge in [-0.3, -0.25) is 0 Å². The van der Waals surface area contributed by atoms with Crippen molar-refractivity contribution >= 4 is 28.9 Å². The Morgan fingerprint density at radius 1 is 1.24 bits per heavy atom. The zero-order valence-electron chi connectivity index (χ0n) is 9.99. The van der Waals surface area contributed by atoms with Crippen molar-refractivity contribution in [2.45, 2.75) is 32.1 Å². The zero-order chi connectivity index (χ0) is 12.3. The average molecular weight is 274 g/mol. The molecular weight excluding hydrogens is 257 g/mol. The molecule has 0 aliphatic heterocycles. The van der Waals surface area contributed by atoms with Crippen LogP contribution >= 0.6 is 23.2 Å². The molecule has 0 aromatic carbocycles. The summed E-state index contributed by atoms with van der Waals surface area (Å²) in [6, 6.07) is 1.78. The van der Waals surface area contributed by atoms with Gasteiger partial charge in [0.15, 0.2) is 10.3 Å². The maximum atomic E-state index is 6.03. The first kappa shape index (κ1) is 12.9. The lowest BCUT2D eigenvalue weighted by atomic mass is 9.89. The van der Waals surface area contributed by atoms with Gasteiger partial charge in [0, 0.05) is 19.7 Å². The Kier molecular flexibility index (Phi) is 4.46. The summed E-state index contributed by atoms with van der Waals surface area (Å²) in [4.78, 5) is 2.14. The van der Waals surface area contributed by atoms with Gasteiger partial charge in [0.05, 0.1) is 5.69 Å². The Balaban J connectivity index is 2.02. The molecule has 17 heavy (non-hydrogen) atoms. The highest BCUT2D eigenvalue weighted by atomic mass is 35.5. The molecule has 1 aromatic rings. The van der Waals surface area contributed by atoms with Crippen molar-refractivity contribution in [3.05, 3.63) is 16.4 Å². The highest BCUT2D eigenvalue weighted by Gasteiger charge is 2.17. The van der Waals surface area contributed by atoms with Crippen molar-refractivity contribution in [1.29, 1.82) is 0 Å². The number of nitrogens with zero attached hydrogens (tertiary/aromatic N) is 3. The summed E-state index contributed by atoms with van der Waals surface area (Å²) in [6.07, 6.45) is 6.70. The quantitative estimate of drug-likeness (QED) is 0.839. The van der Waals surface area contributed by atoms with E-state index in [1.807, 2.05) is 7.05 Å². The van der Waals surface area contributed by atoms with Gasteiger partial charge in [-0.15, -0.1) is 10.2 Å². The fourth-order valence-corrected chi connectivity index (χ4v) is 2.84. The molecule has 0 N–H and O–H groups in total. The van der Waals surface area contributed by atoms with Crippen LogP contribution in [0.3, 0.4) is 0 Å². The van der Waals surface area contributed by atoms with E-state index in [0.717, 1.165) is 18.2 Å². The van der Waals surface area contributed by atoms with Crippen LogP contribution in [0.5, 0.6) is 0 Å². The Bertz CT molecular complexity index is 378. The van der Waals surface area contributed by atoms with E-state index < -0.39 is 0 Å². The van der Waals surface area contributed by atoms with Crippen molar-refractivity contribution in [3.8, 4) is 0 Å². The second kappa shape index (κ2) is 5.87. The molecule has 0 radical (unpaired) electrons. The summed E-state index contributed by atoms with van der Waals surface area (Å²) < 4.78 is 0. The molecule has 1 aliphatic rings. The monoisotopic (exact) mass is 273 g/mol. The second-order valence-electron chi connectivity index (χ2n) is 4.73. The van der Waals surface area contributed by atoms with Gasteiger partial charge < -0.3 is 4.90 Å². The van der Waals surface area contributed by atoms with Crippen molar-refractivity contribution in [1.82, 2.24) is 10.2 Å². The molecule has 0 spiro atoms. The number of hydrogen-bond donors (Lipinski definition) is 0. The van der Waals surface area contributed by atoms with E-state index in [9.17, 15) is 0 Å². The van der Waals surface area contributed by atoms with Gasteiger partial charge in [-0.05, 0) is 18.8 Å². The van der Waals surface area contributed by atoms with Crippen molar-refractivity contribution in [3.63, 3.8) is 0 Å². The number of halogens is 2. The fourth-order valence-electron chi connectivity index (χ4n) is 2.47. The standard InChI is InChI=1S/C12H17Cl2N3/c1-17(8-9-5-3-2-4-6-9)10-7-11(13)15-16-12(10)14/h7,9H,2-6,8H2,1H3. The molecule has 0 saturated heterocycles. The largest absolute Gasteiger partial charge is 0.372 e. The summed E-state index contributed by atoms with van der Waals surface area (Å²) >= 11 is 11.9. The average Bonchev–Trinajstić information content (AvgIpc) is 2.33. The molecule has 1 fully saturated rings. The van der Waals surface area contributed by atoms with Gasteiger partial charge in [-0.1, -0.05) is 42.5 Å². The Morgan fingerprint density at radius 3 is 2.65 bits per heavy atom. The lowest BCUT2D eigenvalue weighted by Gasteiger charge is -2.28. The van der Waals surface area contributed by atoms with Crippen LogP contribution in [0.25, 0.3) is 0 Å². The van der Waals surface area contributed by atoms with Gasteiger partial charge in [0.1, 0.15) is 0 Å². The maximum Gasteiger partial charge on any atom is 0.175 e. The summed E-state index contributed by atoms with van der Waals surface area (Å²) in [6.45, 7) is 1.02. The second-order valence-corrected chi connectivity index (χ2v) is 5.47. The van der Waals surface area contributed by atoms with E-state index in [4.69, 9.17) is 23.2 Å². The predicted octanol–water partition coefficient (Wildman–Crippen LogP) is 3.80. The summed E-state index contributed by atoms with van der Waals surface area (Å²) in [7, 11) is 2.04. The summed E-state index contributed by atoms with van der Waals surface area (Å²) in [5.41, 5.74) is 0.872. The molecule has 5 heteroatoms. The molecule has 1 saturated carbocycles. The zero-order valence-corrected chi connectivity index (χ0v) is 11.5. The van der Waals surface area contributed by atoms with Gasteiger partial charge in [0.2, 0.25) is 0 Å². The fraction of sp³-hybridized carbons (Fsp3) is 0.667. The lowest BCUT2D eigenvalue weighted by Crippen LogP contribution is -2.27. The van der Waals surface area contributed by atoms with Crippen molar-refractivity contribution in [2.75, 3.05) is 18.5 Å². The minimum Gasteiger partial charge on any atom is -0.372 e. The predicted molar refractivity (Wildman–Crippen MR) is 71.9 cm³/mol. The number of hydrogen-bond acceptors (Lipinski definition) is 3. The van der Waals surface area contributed by atoms with Crippen LogP contribution in [0.1, 0.15) is 32.1 Å². The maximum absolute atomic E-state index is 6.03. The lowest BCUT2D eigenvalue weighted by molar-refractivity contribution is 0.362. The third-order valence-electron chi connectivity index (χ3n) is 3.37. The van der Waals surface area contributed by atoms with E-state index >= 15 is 0 Å². The van der Waals surface area contributed by atoms with E-state index in [1.54, 1.807) is 6.07 Å². The minimum atomic E-state index is 0.389. The van der Waals surface area contributed by atoms with E-state index in [1.165, 1.54) is 32.1 Å². The highest BCUT2D eigenvalue weighted by molar-refractivity contribution is 6.33. The third kappa shape index (κ3) is 3.46. The molecule has 2 rings (SSSR count). The van der Waals surface area contributed by atoms with Crippen LogP contribution < -0.4 is 4.90 Å². The first-order chi connectivity index (χ1) is 8.16. The molecule has 1 heterocycles. The highest BCUT2D eigenvalue weighted by Crippen LogP contribution is 2.29. The van der Waals surface area contributed by atoms with Crippen LogP contribution in [0, 0.1) is 5.92 Å². The van der Waals surface area contributed by atoms with Crippen LogP contribution in [0.2, 0.25) is 10.3 Å². The van der Waals surface area contributed by atoms with E-state index in [2.05, 4.69) is 15.1 Å². The Labute approximate surface area is 112 Å². The smallest absolute Gasteiger partial charge is 0.175 e. The van der Waals surface area contributed by atoms with Gasteiger partial charge >= 0.3 is 0 Å². The molecule has 0 bridgehead atoms. The first-order valence-corrected chi connectivity index (χ1v) is 6.82. The van der Waals surface area contributed by atoms with Crippen LogP contribution in [-0.2, 0) is 0 Å². The Morgan fingerprint density at radius 2 is 1.94 bits per heavy atom. The number of rotatable bonds is 3. The molecule has 0 atom stereocenters. The van der Waals surface area contributed by atoms with Gasteiger partial charge in [-0.25, -0.2) is 0 Å². The number of aromatic nitrogens is 2. The van der Waals surface area contributed by atoms with Crippen molar-refractivity contribution in [2.24, 2.45) is 5.92 Å². The van der Waals surface area contributed by atoms with Crippen LogP contribution in [0.4, 0.5) is 5.69 Å².